The van der Waals surface area contributed by atoms with E-state index in [0.717, 1.165) is 40.7 Å². The van der Waals surface area contributed by atoms with Crippen molar-refractivity contribution in [3.63, 3.8) is 0 Å². The zero-order chi connectivity index (χ0) is 11.5. The molecule has 1 aliphatic rings. The molecule has 2 rings (SSSR count). The summed E-state index contributed by atoms with van der Waals surface area (Å²) in [6, 6.07) is 5.64. The van der Waals surface area contributed by atoms with E-state index in [-0.39, 0.29) is 5.91 Å². The molecule has 0 spiro atoms. The van der Waals surface area contributed by atoms with Crippen LogP contribution in [-0.2, 0) is 0 Å². The lowest BCUT2D eigenvalue weighted by Gasteiger charge is -2.27. The fourth-order valence-corrected chi connectivity index (χ4v) is 3.02. The van der Waals surface area contributed by atoms with Crippen molar-refractivity contribution < 1.29 is 4.79 Å². The highest BCUT2D eigenvalue weighted by Crippen LogP contribution is 2.21. The molecule has 0 bridgehead atoms. The molecule has 1 N–H and O–H groups in total. The first kappa shape index (κ1) is 12.1. The number of amides is 1. The lowest BCUT2D eigenvalue weighted by Crippen LogP contribution is -2.46. The number of benzene rings is 1. The normalized spacial score (nSPS) is 16.2. The third kappa shape index (κ3) is 2.84. The Morgan fingerprint density at radius 1 is 1.12 bits per heavy atom. The van der Waals surface area contributed by atoms with Crippen molar-refractivity contribution in [2.75, 3.05) is 26.2 Å². The van der Waals surface area contributed by atoms with Crippen LogP contribution in [-0.4, -0.2) is 37.0 Å². The first-order valence-electron chi connectivity index (χ1n) is 5.13. The number of rotatable bonds is 1. The lowest BCUT2D eigenvalue weighted by atomic mass is 10.2. The predicted molar refractivity (Wildman–Crippen MR) is 70.6 cm³/mol. The Morgan fingerprint density at radius 2 is 1.69 bits per heavy atom. The fraction of sp³-hybridized carbons (Fsp3) is 0.364. The second-order valence-electron chi connectivity index (χ2n) is 3.70. The Hall–Kier alpha value is -0.390. The predicted octanol–water partition coefficient (Wildman–Crippen LogP) is 2.26. The van der Waals surface area contributed by atoms with E-state index in [4.69, 9.17) is 0 Å². The van der Waals surface area contributed by atoms with Crippen LogP contribution in [0.2, 0.25) is 0 Å². The third-order valence-electron chi connectivity index (χ3n) is 2.51. The number of hydrogen-bond acceptors (Lipinski definition) is 2. The summed E-state index contributed by atoms with van der Waals surface area (Å²) in [5, 5.41) is 3.23. The van der Waals surface area contributed by atoms with Gasteiger partial charge >= 0.3 is 0 Å². The van der Waals surface area contributed by atoms with E-state index in [2.05, 4.69) is 37.2 Å². The molecule has 1 aliphatic heterocycles. The number of piperazine rings is 1. The van der Waals surface area contributed by atoms with Crippen molar-refractivity contribution in [1.82, 2.24) is 10.2 Å². The van der Waals surface area contributed by atoms with Gasteiger partial charge in [0.25, 0.3) is 5.91 Å². The summed E-state index contributed by atoms with van der Waals surface area (Å²) in [5.74, 6) is 0.100. The Balaban J connectivity index is 2.19. The maximum absolute atomic E-state index is 12.2. The first-order valence-corrected chi connectivity index (χ1v) is 6.71. The Bertz CT molecular complexity index is 383. The summed E-state index contributed by atoms with van der Waals surface area (Å²) in [4.78, 5) is 14.0. The summed E-state index contributed by atoms with van der Waals surface area (Å²) in [7, 11) is 0. The van der Waals surface area contributed by atoms with Crippen LogP contribution in [0.4, 0.5) is 0 Å². The zero-order valence-electron chi connectivity index (χ0n) is 8.67. The van der Waals surface area contributed by atoms with Crippen molar-refractivity contribution in [3.8, 4) is 0 Å². The molecule has 1 heterocycles. The molecule has 1 aromatic carbocycles. The number of carbonyl (C=O) groups excluding carboxylic acids is 1. The van der Waals surface area contributed by atoms with Gasteiger partial charge in [0.1, 0.15) is 0 Å². The zero-order valence-corrected chi connectivity index (χ0v) is 11.8. The molecule has 1 aromatic rings. The molecule has 16 heavy (non-hydrogen) atoms. The molecule has 0 atom stereocenters. The van der Waals surface area contributed by atoms with E-state index >= 15 is 0 Å². The molecular weight excluding hydrogens is 336 g/mol. The molecule has 0 aliphatic carbocycles. The second kappa shape index (κ2) is 5.29. The van der Waals surface area contributed by atoms with Crippen molar-refractivity contribution in [3.05, 3.63) is 32.7 Å². The first-order chi connectivity index (χ1) is 7.66. The highest BCUT2D eigenvalue weighted by Gasteiger charge is 2.18. The summed E-state index contributed by atoms with van der Waals surface area (Å²) in [6.45, 7) is 3.31. The van der Waals surface area contributed by atoms with Crippen LogP contribution < -0.4 is 5.32 Å². The minimum Gasteiger partial charge on any atom is -0.336 e. The van der Waals surface area contributed by atoms with Crippen LogP contribution in [0, 0.1) is 0 Å². The van der Waals surface area contributed by atoms with Crippen molar-refractivity contribution in [2.45, 2.75) is 0 Å². The molecule has 1 fully saturated rings. The van der Waals surface area contributed by atoms with Crippen LogP contribution in [0.25, 0.3) is 0 Å². The average Bonchev–Trinajstić information content (AvgIpc) is 2.28. The van der Waals surface area contributed by atoms with Gasteiger partial charge in [-0.25, -0.2) is 0 Å². The second-order valence-corrected chi connectivity index (χ2v) is 5.53. The molecule has 0 radical (unpaired) electrons. The third-order valence-corrected chi connectivity index (χ3v) is 3.43. The molecule has 0 saturated carbocycles. The smallest absolute Gasteiger partial charge is 0.254 e. The molecule has 3 nitrogen and oxygen atoms in total. The van der Waals surface area contributed by atoms with Gasteiger partial charge in [-0.2, -0.15) is 0 Å². The maximum Gasteiger partial charge on any atom is 0.254 e. The summed E-state index contributed by atoms with van der Waals surface area (Å²) in [6.07, 6.45) is 0. The topological polar surface area (TPSA) is 32.3 Å². The quantitative estimate of drug-likeness (QED) is 0.845. The molecule has 5 heteroatoms. The van der Waals surface area contributed by atoms with Gasteiger partial charge in [0.15, 0.2) is 0 Å². The van der Waals surface area contributed by atoms with Gasteiger partial charge in [0.05, 0.1) is 0 Å². The highest BCUT2D eigenvalue weighted by atomic mass is 79.9. The average molecular weight is 348 g/mol. The van der Waals surface area contributed by atoms with Crippen LogP contribution >= 0.6 is 31.9 Å². The van der Waals surface area contributed by atoms with Gasteiger partial charge in [-0.15, -0.1) is 0 Å². The van der Waals surface area contributed by atoms with E-state index in [1.165, 1.54) is 0 Å². The van der Waals surface area contributed by atoms with E-state index in [1.54, 1.807) is 0 Å². The van der Waals surface area contributed by atoms with Crippen molar-refractivity contribution >= 4 is 37.8 Å². The molecule has 1 saturated heterocycles. The van der Waals surface area contributed by atoms with Crippen LogP contribution in [0.5, 0.6) is 0 Å². The molecule has 86 valence electrons. The van der Waals surface area contributed by atoms with Gasteiger partial charge < -0.3 is 10.2 Å². The number of hydrogen-bond donors (Lipinski definition) is 1. The number of halogens is 2. The van der Waals surface area contributed by atoms with Gasteiger partial charge in [0.2, 0.25) is 0 Å². The minimum atomic E-state index is 0.100. The largest absolute Gasteiger partial charge is 0.336 e. The summed E-state index contributed by atoms with van der Waals surface area (Å²) >= 11 is 6.78. The Kier molecular flexibility index (Phi) is 4.00. The molecule has 0 unspecified atom stereocenters. The van der Waals surface area contributed by atoms with E-state index in [0.29, 0.717) is 0 Å². The van der Waals surface area contributed by atoms with Crippen LogP contribution in [0.3, 0.4) is 0 Å². The molecule has 1 amide bonds. The van der Waals surface area contributed by atoms with Crippen LogP contribution in [0.1, 0.15) is 10.4 Å². The Labute approximate surface area is 111 Å². The van der Waals surface area contributed by atoms with Gasteiger partial charge in [-0.1, -0.05) is 31.9 Å². The van der Waals surface area contributed by atoms with E-state index in [9.17, 15) is 4.79 Å². The monoisotopic (exact) mass is 346 g/mol. The van der Waals surface area contributed by atoms with Gasteiger partial charge in [-0.3, -0.25) is 4.79 Å². The number of carbonyl (C=O) groups is 1. The fourth-order valence-electron chi connectivity index (χ4n) is 1.73. The SMILES string of the molecule is O=C(c1cc(Br)cc(Br)c1)N1CCNCC1. The minimum absolute atomic E-state index is 0.100. The van der Waals surface area contributed by atoms with Crippen molar-refractivity contribution in [2.24, 2.45) is 0 Å². The van der Waals surface area contributed by atoms with E-state index in [1.807, 2.05) is 23.1 Å². The lowest BCUT2D eigenvalue weighted by molar-refractivity contribution is 0.0735. The van der Waals surface area contributed by atoms with E-state index < -0.39 is 0 Å². The Morgan fingerprint density at radius 3 is 2.25 bits per heavy atom. The maximum atomic E-state index is 12.2. The molecule has 0 aromatic heterocycles. The van der Waals surface area contributed by atoms with Gasteiger partial charge in [0, 0.05) is 40.7 Å². The van der Waals surface area contributed by atoms with Gasteiger partial charge in [-0.05, 0) is 18.2 Å². The summed E-state index contributed by atoms with van der Waals surface area (Å²) < 4.78 is 1.83. The highest BCUT2D eigenvalue weighted by molar-refractivity contribution is 9.11. The van der Waals surface area contributed by atoms with Crippen molar-refractivity contribution in [1.29, 1.82) is 0 Å². The summed E-state index contributed by atoms with van der Waals surface area (Å²) in [5.41, 5.74) is 0.725. The number of nitrogens with one attached hydrogen (secondary N) is 1. The standard InChI is InChI=1S/C11H12Br2N2O/c12-9-5-8(6-10(13)7-9)11(16)15-3-1-14-2-4-15/h5-7,14H,1-4H2. The van der Waals surface area contributed by atoms with Crippen LogP contribution in [0.15, 0.2) is 27.1 Å². The molecular formula is C11H12Br2N2O. The number of nitrogens with zero attached hydrogens (tertiary/aromatic N) is 1.